The Balaban J connectivity index is 1.47. The number of hydrogen-bond donors (Lipinski definition) is 0. The minimum Gasteiger partial charge on any atom is -0.481 e. The molecule has 4 heterocycles. The molecule has 0 bridgehead atoms. The zero-order valence-electron chi connectivity index (χ0n) is 25.0. The van der Waals surface area contributed by atoms with Crippen LogP contribution in [0.1, 0.15) is 37.7 Å². The number of fused-ring (bicyclic) bond motifs is 2. The average molecular weight is 572 g/mol. The third-order valence-corrected chi connectivity index (χ3v) is 7.91. The molecule has 0 saturated carbocycles. The van der Waals surface area contributed by atoms with Crippen molar-refractivity contribution < 1.29 is 18.7 Å². The fourth-order valence-electron chi connectivity index (χ4n) is 5.62. The van der Waals surface area contributed by atoms with E-state index in [-0.39, 0.29) is 17.4 Å². The van der Waals surface area contributed by atoms with E-state index in [4.69, 9.17) is 9.15 Å². The Bertz CT molecular complexity index is 1710. The number of rotatable bonds is 9. The average Bonchev–Trinajstić information content (AvgIpc) is 3.36. The number of benzene rings is 1. The van der Waals surface area contributed by atoms with E-state index in [1.54, 1.807) is 60.8 Å². The van der Waals surface area contributed by atoms with Crippen LogP contribution in [-0.4, -0.2) is 53.5 Å². The predicted molar refractivity (Wildman–Crippen MR) is 162 cm³/mol. The maximum atomic E-state index is 13.3. The molecule has 3 aromatic heterocycles. The number of methoxy groups -OCH3 is 1. The number of carbonyl (C=O) groups excluding carboxylic acids is 2. The Morgan fingerprint density at radius 3 is 2.55 bits per heavy atom. The van der Waals surface area contributed by atoms with Crippen molar-refractivity contribution in [1.82, 2.24) is 14.5 Å². The van der Waals surface area contributed by atoms with Crippen molar-refractivity contribution in [2.45, 2.75) is 47.3 Å². The summed E-state index contributed by atoms with van der Waals surface area (Å²) in [5.41, 5.74) is 2.59. The van der Waals surface area contributed by atoms with E-state index in [1.165, 1.54) is 0 Å². The molecular formula is C32H37N5O5. The molecule has 5 rings (SSSR count). The molecule has 1 aromatic carbocycles. The molecule has 2 amide bonds. The van der Waals surface area contributed by atoms with E-state index < -0.39 is 5.41 Å². The molecule has 1 aliphatic heterocycles. The molecule has 0 atom stereocenters. The Kier molecular flexibility index (Phi) is 7.92. The number of aromatic nitrogens is 2. The van der Waals surface area contributed by atoms with Crippen LogP contribution in [0.4, 0.5) is 11.4 Å². The minimum atomic E-state index is -1.17. The standard InChI is InChI=1S/C32H37N5O5/c1-7-37-25-11-10-22(18-26(25)34(5)30(39)32(3,4)31(37)40)19-35(20-23-9-8-13-33-28(23)41-6)15-16-36-14-12-27-24(29(36)38)17-21(2)42-27/h8-14,17-18H,7,15-16,19-20H2,1-6H3. The monoisotopic (exact) mass is 571 g/mol. The van der Waals surface area contributed by atoms with E-state index in [0.29, 0.717) is 66.7 Å². The third-order valence-electron chi connectivity index (χ3n) is 7.91. The van der Waals surface area contributed by atoms with Gasteiger partial charge in [-0.2, -0.15) is 0 Å². The number of aryl methyl sites for hydroxylation is 1. The summed E-state index contributed by atoms with van der Waals surface area (Å²) in [6, 6.07) is 13.3. The lowest BCUT2D eigenvalue weighted by molar-refractivity contribution is -0.137. The number of nitrogens with zero attached hydrogens (tertiary/aromatic N) is 5. The largest absolute Gasteiger partial charge is 0.481 e. The highest BCUT2D eigenvalue weighted by Crippen LogP contribution is 2.39. The molecule has 4 aromatic rings. The van der Waals surface area contributed by atoms with Crippen molar-refractivity contribution >= 4 is 34.2 Å². The summed E-state index contributed by atoms with van der Waals surface area (Å²) in [6.07, 6.45) is 3.45. The van der Waals surface area contributed by atoms with Crippen molar-refractivity contribution in [3.05, 3.63) is 82.1 Å². The number of amides is 2. The van der Waals surface area contributed by atoms with Gasteiger partial charge in [0.25, 0.3) is 5.56 Å². The topological polar surface area (TPSA) is 101 Å². The Morgan fingerprint density at radius 1 is 1.02 bits per heavy atom. The van der Waals surface area contributed by atoms with Gasteiger partial charge in [-0.05, 0) is 63.6 Å². The normalized spacial score (nSPS) is 14.9. The Morgan fingerprint density at radius 2 is 1.81 bits per heavy atom. The van der Waals surface area contributed by atoms with Crippen molar-refractivity contribution in [2.75, 3.05) is 37.0 Å². The van der Waals surface area contributed by atoms with E-state index in [1.807, 2.05) is 50.2 Å². The number of ether oxygens (including phenoxy) is 1. The minimum absolute atomic E-state index is 0.0969. The number of pyridine rings is 2. The van der Waals surface area contributed by atoms with E-state index in [9.17, 15) is 14.4 Å². The summed E-state index contributed by atoms with van der Waals surface area (Å²) in [6.45, 7) is 9.61. The molecule has 10 nitrogen and oxygen atoms in total. The van der Waals surface area contributed by atoms with Gasteiger partial charge < -0.3 is 23.5 Å². The summed E-state index contributed by atoms with van der Waals surface area (Å²) in [5.74, 6) is 0.780. The van der Waals surface area contributed by atoms with Gasteiger partial charge in [-0.1, -0.05) is 12.1 Å². The first-order chi connectivity index (χ1) is 20.0. The maximum absolute atomic E-state index is 13.3. The molecule has 0 N–H and O–H groups in total. The van der Waals surface area contributed by atoms with E-state index in [0.717, 1.165) is 11.1 Å². The summed E-state index contributed by atoms with van der Waals surface area (Å²) >= 11 is 0. The molecular weight excluding hydrogens is 534 g/mol. The fourth-order valence-corrected chi connectivity index (χ4v) is 5.62. The molecule has 1 aliphatic rings. The molecule has 0 radical (unpaired) electrons. The van der Waals surface area contributed by atoms with Crippen LogP contribution < -0.4 is 20.1 Å². The molecule has 0 spiro atoms. The summed E-state index contributed by atoms with van der Waals surface area (Å²) < 4.78 is 12.8. The van der Waals surface area contributed by atoms with Crippen LogP contribution in [0.3, 0.4) is 0 Å². The fraction of sp³-hybridized carbons (Fsp3) is 0.375. The van der Waals surface area contributed by atoms with Gasteiger partial charge in [0.15, 0.2) is 0 Å². The van der Waals surface area contributed by atoms with Crippen LogP contribution in [0.25, 0.3) is 11.0 Å². The predicted octanol–water partition coefficient (Wildman–Crippen LogP) is 4.36. The highest BCUT2D eigenvalue weighted by Gasteiger charge is 2.45. The number of furan rings is 1. The highest BCUT2D eigenvalue weighted by molar-refractivity contribution is 6.19. The van der Waals surface area contributed by atoms with Crippen LogP contribution in [0, 0.1) is 12.3 Å². The van der Waals surface area contributed by atoms with Crippen molar-refractivity contribution in [3.63, 3.8) is 0 Å². The van der Waals surface area contributed by atoms with Crippen LogP contribution in [0.15, 0.2) is 64.1 Å². The van der Waals surface area contributed by atoms with Crippen molar-refractivity contribution in [1.29, 1.82) is 0 Å². The maximum Gasteiger partial charge on any atom is 0.261 e. The molecule has 0 unspecified atom stereocenters. The smallest absolute Gasteiger partial charge is 0.261 e. The second-order valence-electron chi connectivity index (χ2n) is 11.2. The van der Waals surface area contributed by atoms with Crippen LogP contribution in [0.5, 0.6) is 5.88 Å². The molecule has 42 heavy (non-hydrogen) atoms. The zero-order chi connectivity index (χ0) is 30.2. The third kappa shape index (κ3) is 5.30. The molecule has 0 saturated heterocycles. The van der Waals surface area contributed by atoms with Gasteiger partial charge in [-0.3, -0.25) is 19.3 Å². The first kappa shape index (κ1) is 29.1. The summed E-state index contributed by atoms with van der Waals surface area (Å²) in [7, 11) is 3.32. The Labute approximate surface area is 245 Å². The van der Waals surface area contributed by atoms with Gasteiger partial charge in [0, 0.05) is 57.7 Å². The number of carbonyl (C=O) groups is 2. The van der Waals surface area contributed by atoms with E-state index in [2.05, 4.69) is 9.88 Å². The van der Waals surface area contributed by atoms with Gasteiger partial charge in [-0.15, -0.1) is 0 Å². The highest BCUT2D eigenvalue weighted by atomic mass is 16.5. The summed E-state index contributed by atoms with van der Waals surface area (Å²) in [5, 5.41) is 0.562. The van der Waals surface area contributed by atoms with Crippen molar-refractivity contribution in [2.24, 2.45) is 5.41 Å². The lowest BCUT2D eigenvalue weighted by Crippen LogP contribution is -2.47. The first-order valence-electron chi connectivity index (χ1n) is 14.1. The van der Waals surface area contributed by atoms with Crippen LogP contribution in [-0.2, 0) is 29.2 Å². The molecule has 0 aliphatic carbocycles. The van der Waals surface area contributed by atoms with Gasteiger partial charge in [0.2, 0.25) is 17.7 Å². The molecule has 220 valence electrons. The van der Waals surface area contributed by atoms with Gasteiger partial charge in [0.1, 0.15) is 16.8 Å². The van der Waals surface area contributed by atoms with Crippen molar-refractivity contribution in [3.8, 4) is 5.88 Å². The molecule has 0 fully saturated rings. The van der Waals surface area contributed by atoms with Crippen LogP contribution in [0.2, 0.25) is 0 Å². The van der Waals surface area contributed by atoms with Gasteiger partial charge in [-0.25, -0.2) is 4.98 Å². The number of anilines is 2. The second-order valence-corrected chi connectivity index (χ2v) is 11.2. The lowest BCUT2D eigenvalue weighted by Gasteiger charge is -2.27. The first-order valence-corrected chi connectivity index (χ1v) is 14.1. The van der Waals surface area contributed by atoms with Gasteiger partial charge in [0.05, 0.1) is 23.9 Å². The van der Waals surface area contributed by atoms with Crippen LogP contribution >= 0.6 is 0 Å². The Hall–Kier alpha value is -4.44. The quantitative estimate of drug-likeness (QED) is 0.275. The lowest BCUT2D eigenvalue weighted by atomic mass is 9.90. The summed E-state index contributed by atoms with van der Waals surface area (Å²) in [4.78, 5) is 49.6. The SMILES string of the molecule is CCN1C(=O)C(C)(C)C(=O)N(C)c2cc(CN(CCn3ccc4oc(C)cc4c3=O)Cc3cccnc3OC)ccc21. The van der Waals surface area contributed by atoms with Gasteiger partial charge >= 0.3 is 0 Å². The molecule has 10 heteroatoms. The van der Waals surface area contributed by atoms with E-state index >= 15 is 0 Å². The number of hydrogen-bond acceptors (Lipinski definition) is 7. The second kappa shape index (κ2) is 11.4. The zero-order valence-corrected chi connectivity index (χ0v) is 25.0.